The van der Waals surface area contributed by atoms with Gasteiger partial charge in [-0.25, -0.2) is 0 Å². The molecule has 0 saturated heterocycles. The summed E-state index contributed by atoms with van der Waals surface area (Å²) in [6.45, 7) is 6.80. The molecule has 0 bridgehead atoms. The molecule has 0 amide bonds. The molecule has 0 radical (unpaired) electrons. The molecular weight excluding hydrogens is 204 g/mol. The number of nitriles is 2. The van der Waals surface area contributed by atoms with Gasteiger partial charge in [0.05, 0.1) is 0 Å². The van der Waals surface area contributed by atoms with Crippen LogP contribution >= 0.6 is 0 Å². The topological polar surface area (TPSA) is 66.0 Å². The Morgan fingerprint density at radius 3 is 2.44 bits per heavy atom. The summed E-state index contributed by atoms with van der Waals surface area (Å²) in [5.41, 5.74) is 0.0341. The van der Waals surface area contributed by atoms with Gasteiger partial charge in [-0.3, -0.25) is 0 Å². The molecule has 1 fully saturated rings. The molecule has 4 nitrogen and oxygen atoms in total. The van der Waals surface area contributed by atoms with Crippen molar-refractivity contribution in [2.45, 2.75) is 46.1 Å². The maximum absolute atomic E-state index is 8.58. The van der Waals surface area contributed by atoms with E-state index in [-0.39, 0.29) is 16.9 Å². The lowest BCUT2D eigenvalue weighted by Crippen LogP contribution is -2.41. The molecule has 1 aliphatic carbocycles. The predicted octanol–water partition coefficient (Wildman–Crippen LogP) is 2.57. The first kappa shape index (κ1) is 12.6. The molecule has 2 unspecified atom stereocenters. The third kappa shape index (κ3) is 3.31. The first-order valence-corrected chi connectivity index (χ1v) is 5.46. The van der Waals surface area contributed by atoms with Crippen LogP contribution in [0.4, 0.5) is 0 Å². The monoisotopic (exact) mass is 222 g/mol. The maximum atomic E-state index is 8.58. The van der Waals surface area contributed by atoms with Crippen LogP contribution in [0, 0.1) is 33.9 Å². The summed E-state index contributed by atoms with van der Waals surface area (Å²) in [5.74, 6) is 0. The van der Waals surface area contributed by atoms with Crippen molar-refractivity contribution in [2.24, 2.45) is 10.8 Å². The van der Waals surface area contributed by atoms with E-state index in [1.54, 1.807) is 12.5 Å². The quantitative estimate of drug-likeness (QED) is 0.688. The molecule has 0 heterocycles. The molecule has 4 heteroatoms. The van der Waals surface area contributed by atoms with Crippen LogP contribution in [0.1, 0.15) is 40.0 Å². The summed E-state index contributed by atoms with van der Waals surface area (Å²) >= 11 is 0. The highest BCUT2D eigenvalue weighted by molar-refractivity contribution is 4.93. The predicted molar refractivity (Wildman–Crippen MR) is 57.8 cm³/mol. The van der Waals surface area contributed by atoms with Crippen LogP contribution in [0.5, 0.6) is 0 Å². The summed E-state index contributed by atoms with van der Waals surface area (Å²) < 4.78 is 9.92. The second-order valence-electron chi connectivity index (χ2n) is 5.77. The van der Waals surface area contributed by atoms with Crippen molar-refractivity contribution < 1.29 is 9.47 Å². The van der Waals surface area contributed by atoms with E-state index in [1.165, 1.54) is 0 Å². The van der Waals surface area contributed by atoms with Crippen LogP contribution in [0.2, 0.25) is 0 Å². The Balaban J connectivity index is 2.72. The average Bonchev–Trinajstić information content (AvgIpc) is 2.12. The van der Waals surface area contributed by atoms with Crippen molar-refractivity contribution in [3.63, 3.8) is 0 Å². The van der Waals surface area contributed by atoms with Crippen molar-refractivity contribution in [2.75, 3.05) is 6.61 Å². The normalized spacial score (nSPS) is 32.2. The van der Waals surface area contributed by atoms with Gasteiger partial charge < -0.3 is 9.47 Å². The van der Waals surface area contributed by atoms with Crippen molar-refractivity contribution >= 4 is 0 Å². The molecule has 16 heavy (non-hydrogen) atoms. The SMILES string of the molecule is CC1(C)CC(OC#N)CC(C)(COC#N)C1. The van der Waals surface area contributed by atoms with E-state index in [0.29, 0.717) is 6.61 Å². The van der Waals surface area contributed by atoms with Gasteiger partial charge in [0.25, 0.3) is 12.5 Å². The van der Waals surface area contributed by atoms with Crippen molar-refractivity contribution in [1.29, 1.82) is 10.5 Å². The minimum absolute atomic E-state index is 0.0546. The second-order valence-corrected chi connectivity index (χ2v) is 5.77. The molecular formula is C12H18N2O2. The van der Waals surface area contributed by atoms with Crippen LogP contribution < -0.4 is 0 Å². The Bertz CT molecular complexity index is 327. The first-order chi connectivity index (χ1) is 7.41. The van der Waals surface area contributed by atoms with Crippen LogP contribution in [0.15, 0.2) is 0 Å². The Morgan fingerprint density at radius 2 is 1.88 bits per heavy atom. The lowest BCUT2D eigenvalue weighted by atomic mass is 9.64. The molecule has 1 aliphatic rings. The van der Waals surface area contributed by atoms with Gasteiger partial charge in [0.1, 0.15) is 12.7 Å². The van der Waals surface area contributed by atoms with Crippen LogP contribution in [0.3, 0.4) is 0 Å². The van der Waals surface area contributed by atoms with E-state index >= 15 is 0 Å². The molecule has 1 rings (SSSR count). The smallest absolute Gasteiger partial charge is 0.286 e. The van der Waals surface area contributed by atoms with Crippen molar-refractivity contribution in [1.82, 2.24) is 0 Å². The van der Waals surface area contributed by atoms with Crippen LogP contribution in [-0.2, 0) is 9.47 Å². The van der Waals surface area contributed by atoms with Gasteiger partial charge in [-0.2, -0.15) is 10.5 Å². The van der Waals surface area contributed by atoms with Crippen LogP contribution in [-0.4, -0.2) is 12.7 Å². The number of hydrogen-bond donors (Lipinski definition) is 0. The zero-order valence-electron chi connectivity index (χ0n) is 10.1. The fraction of sp³-hybridized carbons (Fsp3) is 0.833. The average molecular weight is 222 g/mol. The highest BCUT2D eigenvalue weighted by Crippen LogP contribution is 2.47. The number of nitrogens with zero attached hydrogens (tertiary/aromatic N) is 2. The van der Waals surface area contributed by atoms with E-state index in [1.807, 2.05) is 0 Å². The van der Waals surface area contributed by atoms with E-state index < -0.39 is 0 Å². The highest BCUT2D eigenvalue weighted by atomic mass is 16.5. The number of ether oxygens (including phenoxy) is 2. The van der Waals surface area contributed by atoms with E-state index in [0.717, 1.165) is 19.3 Å². The molecule has 0 N–H and O–H groups in total. The Labute approximate surface area is 96.8 Å². The van der Waals surface area contributed by atoms with Crippen molar-refractivity contribution in [3.05, 3.63) is 0 Å². The van der Waals surface area contributed by atoms with E-state index in [4.69, 9.17) is 20.0 Å². The van der Waals surface area contributed by atoms with Gasteiger partial charge in [0.15, 0.2) is 0 Å². The van der Waals surface area contributed by atoms with Gasteiger partial charge in [0.2, 0.25) is 0 Å². The molecule has 0 aliphatic heterocycles. The largest absolute Gasteiger partial charge is 0.427 e. The molecule has 0 aromatic carbocycles. The lowest BCUT2D eigenvalue weighted by Gasteiger charge is -2.44. The maximum Gasteiger partial charge on any atom is 0.286 e. The number of hydrogen-bond acceptors (Lipinski definition) is 4. The molecule has 0 aromatic heterocycles. The molecule has 2 atom stereocenters. The molecule has 0 aromatic rings. The molecule has 88 valence electrons. The Kier molecular flexibility index (Phi) is 3.65. The van der Waals surface area contributed by atoms with Gasteiger partial charge in [0, 0.05) is 5.41 Å². The first-order valence-electron chi connectivity index (χ1n) is 5.46. The summed E-state index contributed by atoms with van der Waals surface area (Å²) in [7, 11) is 0. The van der Waals surface area contributed by atoms with Gasteiger partial charge in [-0.1, -0.05) is 20.8 Å². The minimum Gasteiger partial charge on any atom is -0.427 e. The summed E-state index contributed by atoms with van der Waals surface area (Å²) in [4.78, 5) is 0. The standard InChI is InChI=1S/C12H18N2O2/c1-11(2)4-10(16-9-14)5-12(3,6-11)7-15-8-13/h10H,4-7H2,1-3H3. The zero-order chi connectivity index (χ0) is 12.2. The van der Waals surface area contributed by atoms with Gasteiger partial charge in [-0.05, 0) is 24.7 Å². The Hall–Kier alpha value is -1.42. The molecule has 1 saturated carbocycles. The Morgan fingerprint density at radius 1 is 1.19 bits per heavy atom. The fourth-order valence-corrected chi connectivity index (χ4v) is 3.01. The van der Waals surface area contributed by atoms with E-state index in [9.17, 15) is 0 Å². The summed E-state index contributed by atoms with van der Waals surface area (Å²) in [6.07, 6.45) is 6.04. The lowest BCUT2D eigenvalue weighted by molar-refractivity contribution is -0.0364. The van der Waals surface area contributed by atoms with Gasteiger partial charge >= 0.3 is 0 Å². The van der Waals surface area contributed by atoms with E-state index in [2.05, 4.69) is 20.8 Å². The third-order valence-electron chi connectivity index (χ3n) is 3.11. The van der Waals surface area contributed by atoms with Gasteiger partial charge in [-0.15, -0.1) is 0 Å². The second kappa shape index (κ2) is 4.61. The summed E-state index contributed by atoms with van der Waals surface area (Å²) in [5, 5.41) is 17.0. The van der Waals surface area contributed by atoms with Crippen molar-refractivity contribution in [3.8, 4) is 12.5 Å². The van der Waals surface area contributed by atoms with Crippen LogP contribution in [0.25, 0.3) is 0 Å². The zero-order valence-corrected chi connectivity index (χ0v) is 10.1. The summed E-state index contributed by atoms with van der Waals surface area (Å²) in [6, 6.07) is 0. The molecule has 0 spiro atoms. The fourth-order valence-electron chi connectivity index (χ4n) is 3.01. The highest BCUT2D eigenvalue weighted by Gasteiger charge is 2.42. The third-order valence-corrected chi connectivity index (χ3v) is 3.11. The number of rotatable bonds is 3. The minimum atomic E-state index is -0.0843.